The number of hydrogen-bond acceptors (Lipinski definition) is 7. The van der Waals surface area contributed by atoms with Crippen molar-refractivity contribution >= 4 is 242 Å². The molecule has 0 spiro atoms. The zero-order valence-electron chi connectivity index (χ0n) is 12.6. The van der Waals surface area contributed by atoms with E-state index in [9.17, 15) is 0 Å². The van der Waals surface area contributed by atoms with Crippen LogP contribution in [0.1, 0.15) is 0 Å². The average Bonchev–Trinajstić information content (AvgIpc) is 2.20. The second-order valence-corrected chi connectivity index (χ2v) is 5.93. The van der Waals surface area contributed by atoms with Crippen LogP contribution in [0.4, 0.5) is 0 Å². The van der Waals surface area contributed by atoms with Crippen molar-refractivity contribution in [2.75, 3.05) is 0 Å². The van der Waals surface area contributed by atoms with Crippen molar-refractivity contribution in [1.82, 2.24) is 0 Å². The van der Waals surface area contributed by atoms with Gasteiger partial charge in [0.2, 0.25) is 0 Å². The van der Waals surface area contributed by atoms with Gasteiger partial charge in [-0.1, -0.05) is 0 Å². The molecule has 0 aliphatic carbocycles. The molecule has 0 atom stereocenters. The Bertz CT molecular complexity index is 325. The summed E-state index contributed by atoms with van der Waals surface area (Å²) in [5.41, 5.74) is 0. The van der Waals surface area contributed by atoms with Crippen molar-refractivity contribution in [3.05, 3.63) is 0 Å². The van der Waals surface area contributed by atoms with Crippen LogP contribution in [0.25, 0.3) is 0 Å². The third kappa shape index (κ3) is 3780. The first-order valence-corrected chi connectivity index (χ1v) is 13.7. The van der Waals surface area contributed by atoms with Gasteiger partial charge in [-0.05, 0) is 0 Å². The van der Waals surface area contributed by atoms with Crippen LogP contribution in [0, 0.1) is 0 Å². The number of hydrogen-bond donors (Lipinski definition) is 14. The van der Waals surface area contributed by atoms with Crippen LogP contribution in [0.2, 0.25) is 0 Å². The Morgan fingerprint density at radius 1 is 0.206 bits per heavy atom. The van der Waals surface area contributed by atoms with Crippen LogP contribution in [0.3, 0.4) is 0 Å². The summed E-state index contributed by atoms with van der Waals surface area (Å²) in [7, 11) is -21.9. The fourth-order valence-electron chi connectivity index (χ4n) is 0. The maximum absolute atomic E-state index is 8.74. The fraction of sp³-hybridized carbons (Fsp3) is 0. The van der Waals surface area contributed by atoms with E-state index in [4.69, 9.17) is 98.4 Å². The Labute approximate surface area is 333 Å². The summed E-state index contributed by atoms with van der Waals surface area (Å²) in [6.07, 6.45) is 0. The Morgan fingerprint density at radius 2 is 0.206 bits per heavy atom. The molecule has 0 aromatic heterocycles. The van der Waals surface area contributed by atoms with Gasteiger partial charge in [0.25, 0.3) is 0 Å². The van der Waals surface area contributed by atoms with Gasteiger partial charge in [0.1, 0.15) is 0 Å². The van der Waals surface area contributed by atoms with E-state index in [1.54, 1.807) is 0 Å². The molecule has 0 aromatic carbocycles. The van der Waals surface area contributed by atoms with E-state index < -0.39 is 64.2 Å². The number of rotatable bonds is 0. The summed E-state index contributed by atoms with van der Waals surface area (Å²) in [6.45, 7) is 0. The van der Waals surface area contributed by atoms with Crippen LogP contribution in [-0.4, -0.2) is 309 Å². The van der Waals surface area contributed by atoms with Crippen molar-refractivity contribution in [2.45, 2.75) is 0 Å². The molecule has 34 heavy (non-hydrogen) atoms. The van der Waals surface area contributed by atoms with E-state index in [0.29, 0.717) is 0 Å². The van der Waals surface area contributed by atoms with Gasteiger partial charge in [0.05, 0.1) is 0 Å². The van der Waals surface area contributed by atoms with Crippen LogP contribution >= 0.6 is 0 Å². The molecule has 0 bridgehead atoms. The molecule has 0 aliphatic rings. The molecule has 21 nitrogen and oxygen atoms in total. The quantitative estimate of drug-likeness (QED) is 0.105. The Hall–Kier alpha value is 3.32. The zero-order chi connectivity index (χ0) is 25.0. The van der Waals surface area contributed by atoms with Gasteiger partial charge in [0, 0.05) is 0 Å². The first-order chi connectivity index (χ1) is 12.1. The van der Waals surface area contributed by atoms with Gasteiger partial charge in [0.15, 0.2) is 0 Å². The molecule has 14 N–H and O–H groups in total. The summed E-state index contributed by atoms with van der Waals surface area (Å²) in [5.74, 6) is 0. The normalized spacial score (nSPS) is 4.94. The van der Waals surface area contributed by atoms with Crippen molar-refractivity contribution in [1.29, 1.82) is 0 Å². The summed E-state index contributed by atoms with van der Waals surface area (Å²) >= 11 is 0. The van der Waals surface area contributed by atoms with E-state index in [0.717, 1.165) is 0 Å². The van der Waals surface area contributed by atoms with Crippen molar-refractivity contribution in [3.63, 3.8) is 0 Å². The Kier molecular flexibility index (Phi) is 188. The maximum atomic E-state index is 8.74. The second kappa shape index (κ2) is 76.6. The molecule has 0 rings (SSSR count). The standard InChI is InChI=1S/6Na.7H2O3Si.6H/c;;;;;;7*1-4(2)3;;;;;;/h;;;;;;7*1-2H;;;;;;. The molecular formula is H20Na6O21Si7. The summed E-state index contributed by atoms with van der Waals surface area (Å²) in [4.78, 5) is 100. The molecular weight excluding hydrogens is 671 g/mol. The summed E-state index contributed by atoms with van der Waals surface area (Å²) < 4.78 is 61.2. The molecule has 0 aliphatic heterocycles. The molecule has 180 valence electrons. The second-order valence-electron chi connectivity index (χ2n) is 1.98. The fourth-order valence-corrected chi connectivity index (χ4v) is 0. The summed E-state index contributed by atoms with van der Waals surface area (Å²) in [6, 6.07) is 0. The third-order valence-corrected chi connectivity index (χ3v) is 0. The first kappa shape index (κ1) is 83.2. The molecule has 0 unspecified atom stereocenters. The molecule has 0 heterocycles. The first-order valence-electron chi connectivity index (χ1n) is 4.56. The van der Waals surface area contributed by atoms with Gasteiger partial charge in [-0.15, -0.1) is 0 Å². The van der Waals surface area contributed by atoms with Gasteiger partial charge in [-0.3, -0.25) is 31.2 Å². The Morgan fingerprint density at radius 3 is 0.206 bits per heavy atom. The third-order valence-electron chi connectivity index (χ3n) is 0. The topological polar surface area (TPSA) is 403 Å². The zero-order valence-corrected chi connectivity index (χ0v) is 19.6. The predicted molar refractivity (Wildman–Crippen MR) is 119 cm³/mol. The van der Waals surface area contributed by atoms with E-state index in [1.807, 2.05) is 0 Å². The molecule has 0 radical (unpaired) electrons. The molecule has 0 saturated heterocycles. The van der Waals surface area contributed by atoms with E-state index >= 15 is 0 Å². The van der Waals surface area contributed by atoms with E-state index in [2.05, 4.69) is 0 Å². The van der Waals surface area contributed by atoms with Gasteiger partial charge in [-0.25, -0.2) is 0 Å². The summed E-state index contributed by atoms with van der Waals surface area (Å²) in [5, 5.41) is 0. The molecule has 0 aromatic rings. The minimum atomic E-state index is -3.13. The van der Waals surface area contributed by atoms with Crippen LogP contribution < -0.4 is 0 Å². The van der Waals surface area contributed by atoms with Gasteiger partial charge in [-0.2, -0.15) is 0 Å². The molecule has 34 heteroatoms. The van der Waals surface area contributed by atoms with Gasteiger partial charge < -0.3 is 67.1 Å². The minimum absolute atomic E-state index is 0. The van der Waals surface area contributed by atoms with Crippen molar-refractivity contribution in [3.8, 4) is 0 Å². The predicted octanol–water partition coefficient (Wildman–Crippen LogP) is -15.2. The van der Waals surface area contributed by atoms with Crippen LogP contribution in [-0.2, 0) is 31.2 Å². The van der Waals surface area contributed by atoms with Crippen molar-refractivity contribution in [2.24, 2.45) is 0 Å². The van der Waals surface area contributed by atoms with Crippen molar-refractivity contribution < 1.29 is 98.4 Å². The molecule has 0 saturated carbocycles. The van der Waals surface area contributed by atoms with Crippen LogP contribution in [0.15, 0.2) is 0 Å². The monoisotopic (exact) mass is 690 g/mol. The van der Waals surface area contributed by atoms with E-state index in [-0.39, 0.29) is 177 Å². The molecule has 0 amide bonds. The van der Waals surface area contributed by atoms with Gasteiger partial charge >= 0.3 is 242 Å². The van der Waals surface area contributed by atoms with Crippen LogP contribution in [0.5, 0.6) is 0 Å². The molecule has 0 fully saturated rings. The Balaban J connectivity index is -0.0000000134. The van der Waals surface area contributed by atoms with E-state index in [1.165, 1.54) is 0 Å². The SMILES string of the molecule is O=[Si](O)O.O=[Si](O)O.O=[Si](O)O.O=[Si](O)O.O=[Si](O)O.O=[Si](O)O.O=[Si](O)O.[NaH].[NaH].[NaH].[NaH].[NaH].[NaH]. The average molecular weight is 691 g/mol.